The molecule has 1 saturated heterocycles. The van der Waals surface area contributed by atoms with Crippen molar-refractivity contribution in [3.05, 3.63) is 65.7 Å². The van der Waals surface area contributed by atoms with E-state index in [0.717, 1.165) is 43.1 Å². The number of hydrogen-bond acceptors (Lipinski definition) is 8. The molecule has 9 nitrogen and oxygen atoms in total. The zero-order valence-corrected chi connectivity index (χ0v) is 19.7. The number of benzene rings is 2. The zero-order chi connectivity index (χ0) is 23.5. The van der Waals surface area contributed by atoms with Gasteiger partial charge >= 0.3 is 0 Å². The SMILES string of the molecule is Cc1ccc(Nc2nc(Nc3cc(-c4cccc(C)c4)[nH]n3)nc(N3CCN(C)CC3)n2)cc1. The van der Waals surface area contributed by atoms with Gasteiger partial charge < -0.3 is 20.4 Å². The molecular weight excluding hydrogens is 426 g/mol. The number of aryl methyl sites for hydroxylation is 2. The Morgan fingerprint density at radius 2 is 1.53 bits per heavy atom. The summed E-state index contributed by atoms with van der Waals surface area (Å²) in [5, 5.41) is 14.1. The van der Waals surface area contributed by atoms with Crippen LogP contribution in [0.25, 0.3) is 11.3 Å². The minimum Gasteiger partial charge on any atom is -0.338 e. The average Bonchev–Trinajstić information content (AvgIpc) is 3.29. The quantitative estimate of drug-likeness (QED) is 0.399. The molecule has 0 bridgehead atoms. The molecule has 3 N–H and O–H groups in total. The smallest absolute Gasteiger partial charge is 0.235 e. The predicted molar refractivity (Wildman–Crippen MR) is 136 cm³/mol. The van der Waals surface area contributed by atoms with E-state index in [1.165, 1.54) is 11.1 Å². The van der Waals surface area contributed by atoms with Crippen molar-refractivity contribution in [1.29, 1.82) is 0 Å². The van der Waals surface area contributed by atoms with Gasteiger partial charge in [0.25, 0.3) is 0 Å². The van der Waals surface area contributed by atoms with Gasteiger partial charge in [0.05, 0.1) is 5.69 Å². The van der Waals surface area contributed by atoms with Gasteiger partial charge in [-0.2, -0.15) is 20.1 Å². The maximum absolute atomic E-state index is 4.71. The number of aromatic amines is 1. The Bertz CT molecular complexity index is 1260. The van der Waals surface area contributed by atoms with E-state index in [1.54, 1.807) is 0 Å². The lowest BCUT2D eigenvalue weighted by atomic mass is 10.1. The summed E-state index contributed by atoms with van der Waals surface area (Å²) >= 11 is 0. The maximum Gasteiger partial charge on any atom is 0.235 e. The normalized spacial score (nSPS) is 14.3. The molecule has 2 aromatic carbocycles. The molecule has 1 aliphatic rings. The number of nitrogens with zero attached hydrogens (tertiary/aromatic N) is 6. The molecule has 0 unspecified atom stereocenters. The lowest BCUT2D eigenvalue weighted by molar-refractivity contribution is 0.311. The van der Waals surface area contributed by atoms with Gasteiger partial charge in [-0.25, -0.2) is 0 Å². The third-order valence-corrected chi connectivity index (χ3v) is 5.86. The third kappa shape index (κ3) is 5.15. The van der Waals surface area contributed by atoms with Crippen LogP contribution in [-0.4, -0.2) is 63.3 Å². The van der Waals surface area contributed by atoms with Crippen LogP contribution < -0.4 is 15.5 Å². The second-order valence-corrected chi connectivity index (χ2v) is 8.73. The molecule has 1 fully saturated rings. The first-order valence-corrected chi connectivity index (χ1v) is 11.4. The Kier molecular flexibility index (Phi) is 6.09. The lowest BCUT2D eigenvalue weighted by Crippen LogP contribution is -2.45. The molecular formula is C25H29N9. The minimum atomic E-state index is 0.445. The molecule has 174 valence electrons. The van der Waals surface area contributed by atoms with E-state index >= 15 is 0 Å². The van der Waals surface area contributed by atoms with E-state index in [-0.39, 0.29) is 0 Å². The fraction of sp³-hybridized carbons (Fsp3) is 0.280. The molecule has 1 aliphatic heterocycles. The van der Waals surface area contributed by atoms with Gasteiger partial charge in [0.1, 0.15) is 0 Å². The Balaban J connectivity index is 1.42. The summed E-state index contributed by atoms with van der Waals surface area (Å²) in [6.45, 7) is 7.80. The Labute approximate surface area is 199 Å². The fourth-order valence-electron chi connectivity index (χ4n) is 3.85. The van der Waals surface area contributed by atoms with Gasteiger partial charge in [-0.05, 0) is 44.7 Å². The number of rotatable bonds is 6. The number of aromatic nitrogens is 5. The van der Waals surface area contributed by atoms with Crippen LogP contribution in [-0.2, 0) is 0 Å². The summed E-state index contributed by atoms with van der Waals surface area (Å²) in [5.41, 5.74) is 5.33. The fourth-order valence-corrected chi connectivity index (χ4v) is 3.85. The summed E-state index contributed by atoms with van der Waals surface area (Å²) in [6, 6.07) is 18.4. The van der Waals surface area contributed by atoms with E-state index in [2.05, 4.69) is 86.8 Å². The second-order valence-electron chi connectivity index (χ2n) is 8.73. The molecule has 34 heavy (non-hydrogen) atoms. The zero-order valence-electron chi connectivity index (χ0n) is 19.7. The highest BCUT2D eigenvalue weighted by Crippen LogP contribution is 2.24. The van der Waals surface area contributed by atoms with Crippen LogP contribution in [0.3, 0.4) is 0 Å². The van der Waals surface area contributed by atoms with Crippen molar-refractivity contribution in [3.63, 3.8) is 0 Å². The van der Waals surface area contributed by atoms with Crippen LogP contribution in [0.4, 0.5) is 29.4 Å². The third-order valence-electron chi connectivity index (χ3n) is 5.86. The molecule has 3 heterocycles. The molecule has 9 heteroatoms. The second kappa shape index (κ2) is 9.48. The van der Waals surface area contributed by atoms with Gasteiger partial charge in [0, 0.05) is 37.9 Å². The molecule has 0 atom stereocenters. The summed E-state index contributed by atoms with van der Waals surface area (Å²) in [5.74, 6) is 2.23. The van der Waals surface area contributed by atoms with Crippen molar-refractivity contribution in [2.45, 2.75) is 13.8 Å². The van der Waals surface area contributed by atoms with Crippen molar-refractivity contribution in [1.82, 2.24) is 30.0 Å². The number of piperazine rings is 1. The van der Waals surface area contributed by atoms with Gasteiger partial charge in [0.15, 0.2) is 5.82 Å². The number of anilines is 5. The van der Waals surface area contributed by atoms with Gasteiger partial charge in [-0.1, -0.05) is 41.5 Å². The van der Waals surface area contributed by atoms with Crippen LogP contribution in [0, 0.1) is 13.8 Å². The summed E-state index contributed by atoms with van der Waals surface area (Å²) in [4.78, 5) is 18.5. The maximum atomic E-state index is 4.71. The first-order valence-electron chi connectivity index (χ1n) is 11.4. The Morgan fingerprint density at radius 1 is 0.794 bits per heavy atom. The van der Waals surface area contributed by atoms with Crippen LogP contribution in [0.5, 0.6) is 0 Å². The summed E-state index contributed by atoms with van der Waals surface area (Å²) in [7, 11) is 2.13. The minimum absolute atomic E-state index is 0.445. The molecule has 0 amide bonds. The highest BCUT2D eigenvalue weighted by molar-refractivity contribution is 5.65. The molecule has 0 radical (unpaired) electrons. The first kappa shape index (κ1) is 21.8. The van der Waals surface area contributed by atoms with Crippen molar-refractivity contribution in [3.8, 4) is 11.3 Å². The molecule has 0 aliphatic carbocycles. The highest BCUT2D eigenvalue weighted by atomic mass is 15.4. The molecule has 4 aromatic rings. The van der Waals surface area contributed by atoms with Crippen molar-refractivity contribution < 1.29 is 0 Å². The molecule has 5 rings (SSSR count). The molecule has 0 spiro atoms. The Morgan fingerprint density at radius 3 is 2.26 bits per heavy atom. The van der Waals surface area contributed by atoms with E-state index in [1.807, 2.05) is 24.3 Å². The van der Waals surface area contributed by atoms with Crippen molar-refractivity contribution in [2.75, 3.05) is 48.8 Å². The predicted octanol–water partition coefficient (Wildman–Crippen LogP) is 4.12. The number of likely N-dealkylation sites (N-methyl/N-ethyl adjacent to an activating group) is 1. The van der Waals surface area contributed by atoms with E-state index in [0.29, 0.717) is 23.7 Å². The highest BCUT2D eigenvalue weighted by Gasteiger charge is 2.19. The summed E-state index contributed by atoms with van der Waals surface area (Å²) in [6.07, 6.45) is 0. The van der Waals surface area contributed by atoms with E-state index in [9.17, 15) is 0 Å². The van der Waals surface area contributed by atoms with Gasteiger partial charge in [-0.3, -0.25) is 5.10 Å². The van der Waals surface area contributed by atoms with Crippen LogP contribution >= 0.6 is 0 Å². The number of nitrogens with one attached hydrogen (secondary N) is 3. The summed E-state index contributed by atoms with van der Waals surface area (Å²) < 4.78 is 0. The monoisotopic (exact) mass is 455 g/mol. The van der Waals surface area contributed by atoms with E-state index < -0.39 is 0 Å². The molecule has 2 aromatic heterocycles. The van der Waals surface area contributed by atoms with Crippen LogP contribution in [0.15, 0.2) is 54.6 Å². The lowest BCUT2D eigenvalue weighted by Gasteiger charge is -2.32. The first-order chi connectivity index (χ1) is 16.5. The number of H-pyrrole nitrogens is 1. The largest absolute Gasteiger partial charge is 0.338 e. The topological polar surface area (TPSA) is 97.9 Å². The standard InChI is InChI=1S/C25H29N9/c1-17-7-9-20(10-8-17)26-23-28-24(30-25(29-23)34-13-11-33(3)12-14-34)27-22-16-21(31-32-22)19-6-4-5-18(2)15-19/h4-10,15-16H,11-14H2,1-3H3,(H3,26,27,28,29,30,31,32). The van der Waals surface area contributed by atoms with Crippen LogP contribution in [0.2, 0.25) is 0 Å². The van der Waals surface area contributed by atoms with E-state index in [4.69, 9.17) is 9.97 Å². The average molecular weight is 456 g/mol. The van der Waals surface area contributed by atoms with Gasteiger partial charge in [0.2, 0.25) is 17.8 Å². The van der Waals surface area contributed by atoms with Gasteiger partial charge in [-0.15, -0.1) is 0 Å². The van der Waals surface area contributed by atoms with Crippen LogP contribution in [0.1, 0.15) is 11.1 Å². The number of hydrogen-bond donors (Lipinski definition) is 3. The van der Waals surface area contributed by atoms with Crippen molar-refractivity contribution in [2.24, 2.45) is 0 Å². The molecule has 0 saturated carbocycles. The Hall–Kier alpha value is -3.98. The van der Waals surface area contributed by atoms with Crippen molar-refractivity contribution >= 4 is 29.4 Å².